The lowest BCUT2D eigenvalue weighted by molar-refractivity contribution is -0.127. The van der Waals surface area contributed by atoms with Gasteiger partial charge in [0.05, 0.1) is 111 Å². The number of halogens is 6. The number of carbonyl (C=O) groups is 3. The van der Waals surface area contributed by atoms with Gasteiger partial charge in [-0.25, -0.2) is 86.1 Å². The molecule has 9 aromatic heterocycles. The second-order valence-corrected chi connectivity index (χ2v) is 41.6. The summed E-state index contributed by atoms with van der Waals surface area (Å²) >= 11 is 20.7. The summed E-state index contributed by atoms with van der Waals surface area (Å²) in [6.07, 6.45) is 15.3. The number of rotatable bonds is 21. The van der Waals surface area contributed by atoms with E-state index in [0.29, 0.717) is 133 Å². The van der Waals surface area contributed by atoms with Crippen LogP contribution < -0.4 is 57.1 Å². The summed E-state index contributed by atoms with van der Waals surface area (Å²) in [6.45, 7) is 30.5. The number of likely N-dealkylation sites (N-methyl/N-ethyl adjacent to an activating group) is 1. The van der Waals surface area contributed by atoms with Crippen LogP contribution in [-0.4, -0.2) is 284 Å². The molecule has 12 aliphatic rings. The molecule has 0 spiro atoms. The van der Waals surface area contributed by atoms with Gasteiger partial charge >= 0.3 is 17.1 Å². The number of carbonyl (C=O) groups excluding carboxylic acids is 3. The third kappa shape index (κ3) is 19.2. The number of fused-ring (bicyclic) bond motifs is 3. The van der Waals surface area contributed by atoms with Crippen molar-refractivity contribution in [2.45, 2.75) is 151 Å². The van der Waals surface area contributed by atoms with Crippen LogP contribution in [0.4, 0.5) is 48.5 Å². The molecule has 3 amide bonds. The van der Waals surface area contributed by atoms with Crippen molar-refractivity contribution in [2.24, 2.45) is 0 Å². The quantitative estimate of drug-likeness (QED) is 0.0485. The van der Waals surface area contributed by atoms with Crippen LogP contribution in [0.25, 0.3) is 83.9 Å². The van der Waals surface area contributed by atoms with Crippen LogP contribution in [0.15, 0.2) is 131 Å². The van der Waals surface area contributed by atoms with Crippen LogP contribution in [0.3, 0.4) is 0 Å². The van der Waals surface area contributed by atoms with E-state index < -0.39 is 34.5 Å². The van der Waals surface area contributed by atoms with Crippen molar-refractivity contribution in [3.8, 4) is 62.3 Å². The lowest BCUT2D eigenvalue weighted by atomic mass is 10.1. The predicted molar refractivity (Wildman–Crippen MR) is 559 cm³/mol. The van der Waals surface area contributed by atoms with Crippen molar-refractivity contribution in [1.82, 2.24) is 104 Å². The van der Waals surface area contributed by atoms with E-state index in [1.165, 1.54) is 69.8 Å². The SMILES string of the molecule is C=CC(=O)N1CCN(c2nc(=O)n(-c3c(C4CC4)nc(N4CCN(C)CC4)nc3C3CC3)c3nc(-c4c(O)cccc4F)c(Cl)cc23)[C@@H](C)C1.C=CC(=O)N1CCN(c2nc(=O)n(-c3c(C4CC4)nc(N4CCNCC4)nc3C3CC3)c3nc(-c4c(O)cccc4F)c(Cl)cc23)[C@@H](C)C1.C=CC(=O)N1CCN(c2nc(=O)n(-c3c(C4CC4)nc(N4CCNCC4)nc3C3CC3)c3nc(-c4ccccc4F)c(Cl)cc23)[C@@H](C)C1. The van der Waals surface area contributed by atoms with Crippen LogP contribution in [0.1, 0.15) is 167 Å². The maximum atomic E-state index is 15.4. The second kappa shape index (κ2) is 40.2. The number of hydrogen-bond donors (Lipinski definition) is 4. The Morgan fingerprint density at radius 2 is 0.653 bits per heavy atom. The van der Waals surface area contributed by atoms with E-state index in [9.17, 15) is 39.0 Å². The number of aromatic nitrogens is 15. The summed E-state index contributed by atoms with van der Waals surface area (Å²) in [5.74, 6) is 1.23. The van der Waals surface area contributed by atoms with Gasteiger partial charge in [0.2, 0.25) is 35.6 Å². The molecule has 24 rings (SSSR count). The molecule has 15 heterocycles. The number of aromatic hydroxyl groups is 2. The van der Waals surface area contributed by atoms with Gasteiger partial charge in [-0.3, -0.25) is 14.4 Å². The summed E-state index contributed by atoms with van der Waals surface area (Å²) in [6, 6.07) is 18.8. The van der Waals surface area contributed by atoms with Crippen molar-refractivity contribution in [3.63, 3.8) is 0 Å². The Morgan fingerprint density at radius 1 is 0.367 bits per heavy atom. The number of phenols is 2. The minimum absolute atomic E-state index is 0.00353. The Kier molecular flexibility index (Phi) is 26.8. The Bertz CT molecular complexity index is 7400. The fraction of sp³-hybridized carbons (Fsp3) is 0.434. The molecule has 6 aliphatic heterocycles. The number of amides is 3. The van der Waals surface area contributed by atoms with Crippen molar-refractivity contribution in [2.75, 3.05) is 174 Å². The molecular weight excluding hydrogens is 1940 g/mol. The van der Waals surface area contributed by atoms with Crippen LogP contribution >= 0.6 is 34.8 Å². The molecule has 3 atom stereocenters. The summed E-state index contributed by atoms with van der Waals surface area (Å²) in [5, 5.41) is 30.3. The minimum atomic E-state index is -0.699. The molecule has 12 fully saturated rings. The van der Waals surface area contributed by atoms with Gasteiger partial charge in [-0.2, -0.15) is 15.0 Å². The van der Waals surface area contributed by atoms with E-state index in [0.717, 1.165) is 190 Å². The minimum Gasteiger partial charge on any atom is -0.507 e. The summed E-state index contributed by atoms with van der Waals surface area (Å²) in [4.78, 5) is 161. The number of pyridine rings is 3. The van der Waals surface area contributed by atoms with Crippen LogP contribution in [0.5, 0.6) is 11.5 Å². The number of anilines is 6. The summed E-state index contributed by atoms with van der Waals surface area (Å²) in [7, 11) is 2.11. The van der Waals surface area contributed by atoms with Crippen LogP contribution in [-0.2, 0) is 14.4 Å². The fourth-order valence-corrected chi connectivity index (χ4v) is 21.9. The third-order valence-corrected chi connectivity index (χ3v) is 30.8. The molecule has 0 unspecified atom stereocenters. The van der Waals surface area contributed by atoms with E-state index in [1.54, 1.807) is 55.7 Å². The van der Waals surface area contributed by atoms with Crippen LogP contribution in [0.2, 0.25) is 15.1 Å². The first-order valence-electron chi connectivity index (χ1n) is 50.9. The molecule has 4 N–H and O–H groups in total. The first kappa shape index (κ1) is 98.0. The molecule has 147 heavy (non-hydrogen) atoms. The van der Waals surface area contributed by atoms with Gasteiger partial charge in [0.1, 0.15) is 46.4 Å². The van der Waals surface area contributed by atoms with Crippen molar-refractivity contribution >= 4 is 121 Å². The van der Waals surface area contributed by atoms with Crippen LogP contribution in [0, 0.1) is 17.5 Å². The predicted octanol–water partition coefficient (Wildman–Crippen LogP) is 13.0. The van der Waals surface area contributed by atoms with Gasteiger partial charge in [0, 0.05) is 197 Å². The standard InChI is InChI=1S/C36H39ClFN9O3.C35H37ClFN9O3.C35H37ClFN9O2/c1-4-27(49)45-16-17-46(20(2)19-45)33-23-18-24(37)31(28-25(38)6-5-7-26(28)48)39-34(23)47(36(50)42-33)32-29(21-8-9-21)40-35(41-30(32)22-10-11-22)44-14-12-43(3)13-15-44;1-3-26(48)44-15-16-45(19(2)18-44)32-22-17-23(36)30(27-24(37)5-4-6-25(27)47)39-33(22)46(35(49)42-32)31-28(20-7-8-20)40-34(41-29(31)21-9-10-21)43-13-11-38-12-14-43;1-3-27(47)44-16-17-45(20(2)19-44)32-24-18-25(36)30(23-6-4-5-7-26(23)37)39-33(24)46(35(48)42-32)31-28(21-8-9-21)40-34(41-29(31)22-10-11-22)43-14-12-38-13-15-43/h4-7,18,20-22,48H,1,8-17,19H2,2-3H3;3-6,17,19-21,38,47H,1,7-16,18H2,2H3;3-7,18,20-22,38H,1,8-17,19H2,2H3/t20-;19-;20-/m000/s1. The van der Waals surface area contributed by atoms with Gasteiger partial charge in [-0.05, 0) is 178 Å². The Morgan fingerprint density at radius 3 is 0.939 bits per heavy atom. The van der Waals surface area contributed by atoms with Gasteiger partial charge in [0.15, 0.2) is 16.9 Å². The Labute approximate surface area is 859 Å². The van der Waals surface area contributed by atoms with Crippen molar-refractivity contribution in [1.29, 1.82) is 0 Å². The first-order chi connectivity index (χ1) is 71.2. The smallest absolute Gasteiger partial charge is 0.355 e. The molecule has 0 radical (unpaired) electrons. The average molecular weight is 2060 g/mol. The highest BCUT2D eigenvalue weighted by molar-refractivity contribution is 6.35. The van der Waals surface area contributed by atoms with Gasteiger partial charge in [-0.1, -0.05) is 78.8 Å². The summed E-state index contributed by atoms with van der Waals surface area (Å²) < 4.78 is 50.5. The average Bonchev–Trinajstić information content (AvgIpc) is 1.54. The van der Waals surface area contributed by atoms with E-state index in [1.807, 2.05) is 35.5 Å². The number of piperazine rings is 6. The topological polar surface area (TPSA) is 369 Å². The molecular formula is C106H113Cl3F3N27O8. The number of benzene rings is 3. The highest BCUT2D eigenvalue weighted by Gasteiger charge is 2.45. The highest BCUT2D eigenvalue weighted by Crippen LogP contribution is 2.54. The molecule has 35 nitrogen and oxygen atoms in total. The monoisotopic (exact) mass is 2050 g/mol. The lowest BCUT2D eigenvalue weighted by Gasteiger charge is -2.40. The fourth-order valence-electron chi connectivity index (χ4n) is 21.2. The van der Waals surface area contributed by atoms with E-state index in [2.05, 4.69) is 62.0 Å². The van der Waals surface area contributed by atoms with Gasteiger partial charge in [-0.15, -0.1) is 0 Å². The van der Waals surface area contributed by atoms with Crippen molar-refractivity contribution in [3.05, 3.63) is 215 Å². The van der Waals surface area contributed by atoms with Gasteiger partial charge < -0.3 is 69.8 Å². The Hall–Kier alpha value is -13.7. The van der Waals surface area contributed by atoms with E-state index in [4.69, 9.17) is 89.6 Å². The zero-order valence-electron chi connectivity index (χ0n) is 82.2. The number of hydrogen-bond acceptors (Lipinski definition) is 29. The molecule has 6 saturated carbocycles. The Balaban J connectivity index is 0.000000125. The molecule has 0 bridgehead atoms. The number of nitrogens with one attached hydrogen (secondary N) is 2. The zero-order valence-corrected chi connectivity index (χ0v) is 84.4. The summed E-state index contributed by atoms with van der Waals surface area (Å²) in [5.41, 5.74) is 5.97. The van der Waals surface area contributed by atoms with E-state index >= 15 is 13.2 Å². The molecule has 762 valence electrons. The highest BCUT2D eigenvalue weighted by atomic mass is 35.5. The van der Waals surface area contributed by atoms with Gasteiger partial charge in [0.25, 0.3) is 0 Å². The lowest BCUT2D eigenvalue weighted by Crippen LogP contribution is -2.54. The van der Waals surface area contributed by atoms with Crippen molar-refractivity contribution < 1.29 is 37.8 Å². The number of nitrogens with zero attached hydrogens (tertiary/aromatic N) is 25. The molecule has 41 heteroatoms. The molecule has 12 aromatic rings. The maximum absolute atomic E-state index is 15.4. The molecule has 3 aromatic carbocycles. The second-order valence-electron chi connectivity index (χ2n) is 40.4. The normalized spacial score (nSPS) is 20.0. The molecule has 6 saturated heterocycles. The van der Waals surface area contributed by atoms with E-state index in [-0.39, 0.29) is 143 Å². The molecule has 6 aliphatic carbocycles. The number of phenolic OH excluding ortho intramolecular Hbond substituents is 2. The zero-order chi connectivity index (χ0) is 102. The first-order valence-corrected chi connectivity index (χ1v) is 52.1. The maximum Gasteiger partial charge on any atom is 0.355 e. The third-order valence-electron chi connectivity index (χ3n) is 30.0. The largest absolute Gasteiger partial charge is 0.507 e.